The van der Waals surface area contributed by atoms with Crippen LogP contribution in [0.3, 0.4) is 0 Å². The van der Waals surface area contributed by atoms with E-state index in [1.165, 1.54) is 12.1 Å². The van der Waals surface area contributed by atoms with Gasteiger partial charge in [0.1, 0.15) is 0 Å². The van der Waals surface area contributed by atoms with E-state index in [0.29, 0.717) is 5.69 Å². The average Bonchev–Trinajstić information content (AvgIpc) is 2.57. The number of nitrogens with zero attached hydrogens (tertiary/aromatic N) is 3. The molecule has 1 aromatic rings. The summed E-state index contributed by atoms with van der Waals surface area (Å²) in [5, 5.41) is 20.2. The third kappa shape index (κ3) is 2.09. The summed E-state index contributed by atoms with van der Waals surface area (Å²) >= 11 is 0. The van der Waals surface area contributed by atoms with Gasteiger partial charge in [-0.3, -0.25) is 19.8 Å². The van der Waals surface area contributed by atoms with E-state index in [-0.39, 0.29) is 30.4 Å². The quantitative estimate of drug-likeness (QED) is 0.593. The van der Waals surface area contributed by atoms with Crippen molar-refractivity contribution >= 4 is 17.4 Å². The lowest BCUT2D eigenvalue weighted by Gasteiger charge is -2.14. The van der Waals surface area contributed by atoms with E-state index in [9.17, 15) is 20.0 Å². The zero-order valence-electron chi connectivity index (χ0n) is 9.16. The first-order chi connectivity index (χ1) is 7.99. The lowest BCUT2D eigenvalue weighted by Crippen LogP contribution is -2.27. The van der Waals surface area contributed by atoms with Gasteiger partial charge in [0, 0.05) is 11.8 Å². The van der Waals surface area contributed by atoms with E-state index in [2.05, 4.69) is 4.98 Å². The first-order valence-electron chi connectivity index (χ1n) is 5.09. The minimum absolute atomic E-state index is 0.0107. The van der Waals surface area contributed by atoms with Gasteiger partial charge in [0.15, 0.2) is 0 Å². The van der Waals surface area contributed by atoms with Gasteiger partial charge in [-0.2, -0.15) is 0 Å². The molecule has 0 spiro atoms. The molecule has 1 aliphatic rings. The summed E-state index contributed by atoms with van der Waals surface area (Å²) in [6.07, 6.45) is -0.809. The number of pyridine rings is 1. The summed E-state index contributed by atoms with van der Waals surface area (Å²) in [5.41, 5.74) is 0.359. The van der Waals surface area contributed by atoms with E-state index in [0.717, 1.165) is 4.90 Å². The number of β-amino-alcohol motifs (C(OH)–C–C–N with tert-alkyl or cyclic N) is 1. The Morgan fingerprint density at radius 1 is 1.59 bits per heavy atom. The smallest absolute Gasteiger partial charge is 0.312 e. The number of carbonyl (C=O) groups is 1. The van der Waals surface area contributed by atoms with Crippen molar-refractivity contribution in [3.63, 3.8) is 0 Å². The first kappa shape index (κ1) is 11.5. The second kappa shape index (κ2) is 4.10. The molecule has 90 valence electrons. The number of rotatable bonds is 2. The fourth-order valence-corrected chi connectivity index (χ4v) is 1.77. The zero-order chi connectivity index (χ0) is 12.6. The molecule has 2 heterocycles. The number of aromatic nitrogens is 1. The van der Waals surface area contributed by atoms with Crippen LogP contribution in [0.5, 0.6) is 0 Å². The maximum absolute atomic E-state index is 11.6. The van der Waals surface area contributed by atoms with Crippen molar-refractivity contribution < 1.29 is 14.8 Å². The molecule has 1 amide bonds. The lowest BCUT2D eigenvalue weighted by atomic mass is 10.3. The summed E-state index contributed by atoms with van der Waals surface area (Å²) in [5.74, 6) is -0.338. The van der Waals surface area contributed by atoms with Crippen molar-refractivity contribution in [2.24, 2.45) is 0 Å². The Balaban J connectivity index is 2.46. The van der Waals surface area contributed by atoms with Crippen molar-refractivity contribution in [1.82, 2.24) is 4.98 Å². The predicted octanol–water partition coefficient (Wildman–Crippen LogP) is 0.396. The van der Waals surface area contributed by atoms with Gasteiger partial charge < -0.3 is 5.11 Å². The van der Waals surface area contributed by atoms with Crippen LogP contribution < -0.4 is 4.90 Å². The van der Waals surface area contributed by atoms with E-state index in [4.69, 9.17) is 0 Å². The summed E-state index contributed by atoms with van der Waals surface area (Å²) in [4.78, 5) is 27.0. The minimum atomic E-state index is -0.788. The molecule has 1 fully saturated rings. The highest BCUT2D eigenvalue weighted by Crippen LogP contribution is 2.29. The summed E-state index contributed by atoms with van der Waals surface area (Å²) in [7, 11) is 0. The van der Waals surface area contributed by atoms with Crippen LogP contribution in [0.25, 0.3) is 0 Å². The topological polar surface area (TPSA) is 96.6 Å². The van der Waals surface area contributed by atoms with Gasteiger partial charge in [-0.25, -0.2) is 4.98 Å². The summed E-state index contributed by atoms with van der Waals surface area (Å²) in [6, 6.07) is 2.83. The standard InChI is InChI=1S/C10H11N3O4/c1-6-2-3-8(13(16)17)10(11-6)12-5-7(14)4-9(12)15/h2-3,7,14H,4-5H2,1H3. The molecular formula is C10H11N3O4. The van der Waals surface area contributed by atoms with Gasteiger partial charge >= 0.3 is 5.69 Å². The fraction of sp³-hybridized carbons (Fsp3) is 0.400. The Labute approximate surface area is 96.8 Å². The molecule has 7 nitrogen and oxygen atoms in total. The van der Waals surface area contributed by atoms with Crippen molar-refractivity contribution in [1.29, 1.82) is 0 Å². The molecular weight excluding hydrogens is 226 g/mol. The van der Waals surface area contributed by atoms with E-state index in [1.54, 1.807) is 6.92 Å². The number of aryl methyl sites for hydroxylation is 1. The van der Waals surface area contributed by atoms with Crippen LogP contribution in [0.15, 0.2) is 12.1 Å². The van der Waals surface area contributed by atoms with Gasteiger partial charge in [0.25, 0.3) is 0 Å². The number of hydrogen-bond donors (Lipinski definition) is 1. The van der Waals surface area contributed by atoms with Crippen LogP contribution in [0.4, 0.5) is 11.5 Å². The van der Waals surface area contributed by atoms with Gasteiger partial charge in [0.05, 0.1) is 24.0 Å². The number of amides is 1. The Morgan fingerprint density at radius 2 is 2.29 bits per heavy atom. The highest BCUT2D eigenvalue weighted by Gasteiger charge is 2.34. The maximum atomic E-state index is 11.6. The molecule has 0 aromatic carbocycles. The molecule has 0 bridgehead atoms. The Hall–Kier alpha value is -2.02. The second-order valence-corrected chi connectivity index (χ2v) is 3.91. The van der Waals surface area contributed by atoms with Crippen LogP contribution >= 0.6 is 0 Å². The second-order valence-electron chi connectivity index (χ2n) is 3.91. The van der Waals surface area contributed by atoms with Crippen molar-refractivity contribution in [3.8, 4) is 0 Å². The molecule has 7 heteroatoms. The summed E-state index contributed by atoms with van der Waals surface area (Å²) in [6.45, 7) is 1.74. The van der Waals surface area contributed by atoms with Crippen molar-refractivity contribution in [2.75, 3.05) is 11.4 Å². The third-order valence-electron chi connectivity index (χ3n) is 2.55. The first-order valence-corrected chi connectivity index (χ1v) is 5.09. The molecule has 1 unspecified atom stereocenters. The fourth-order valence-electron chi connectivity index (χ4n) is 1.77. The molecule has 0 radical (unpaired) electrons. The molecule has 1 aromatic heterocycles. The molecule has 1 N–H and O–H groups in total. The van der Waals surface area contributed by atoms with Crippen LogP contribution in [0.1, 0.15) is 12.1 Å². The number of carbonyl (C=O) groups excluding carboxylic acids is 1. The van der Waals surface area contributed by atoms with Crippen molar-refractivity contribution in [3.05, 3.63) is 27.9 Å². The largest absolute Gasteiger partial charge is 0.391 e. The predicted molar refractivity (Wildman–Crippen MR) is 58.6 cm³/mol. The van der Waals surface area contributed by atoms with Crippen LogP contribution in [0, 0.1) is 17.0 Å². The Bertz CT molecular complexity index is 488. The van der Waals surface area contributed by atoms with Crippen LogP contribution in [0.2, 0.25) is 0 Å². The van der Waals surface area contributed by atoms with Gasteiger partial charge in [-0.15, -0.1) is 0 Å². The van der Waals surface area contributed by atoms with Crippen LogP contribution in [-0.4, -0.2) is 33.6 Å². The highest BCUT2D eigenvalue weighted by atomic mass is 16.6. The molecule has 2 rings (SSSR count). The number of anilines is 1. The molecule has 0 saturated carbocycles. The Morgan fingerprint density at radius 3 is 2.82 bits per heavy atom. The van der Waals surface area contributed by atoms with Crippen molar-refractivity contribution in [2.45, 2.75) is 19.4 Å². The number of hydrogen-bond acceptors (Lipinski definition) is 5. The molecule has 1 aliphatic heterocycles. The molecule has 1 saturated heterocycles. The SMILES string of the molecule is Cc1ccc([N+](=O)[O-])c(N2CC(O)CC2=O)n1. The molecule has 0 aliphatic carbocycles. The highest BCUT2D eigenvalue weighted by molar-refractivity contribution is 5.97. The number of nitro groups is 1. The van der Waals surface area contributed by atoms with Gasteiger partial charge in [0.2, 0.25) is 11.7 Å². The van der Waals surface area contributed by atoms with Crippen LogP contribution in [-0.2, 0) is 4.79 Å². The monoisotopic (exact) mass is 237 g/mol. The van der Waals surface area contributed by atoms with E-state index < -0.39 is 11.0 Å². The number of aliphatic hydroxyl groups excluding tert-OH is 1. The van der Waals surface area contributed by atoms with E-state index >= 15 is 0 Å². The normalized spacial score (nSPS) is 19.8. The maximum Gasteiger partial charge on any atom is 0.312 e. The van der Waals surface area contributed by atoms with E-state index in [1.807, 2.05) is 0 Å². The zero-order valence-corrected chi connectivity index (χ0v) is 9.16. The van der Waals surface area contributed by atoms with Gasteiger partial charge in [-0.05, 0) is 13.0 Å². The lowest BCUT2D eigenvalue weighted by molar-refractivity contribution is -0.384. The molecule has 17 heavy (non-hydrogen) atoms. The summed E-state index contributed by atoms with van der Waals surface area (Å²) < 4.78 is 0. The third-order valence-corrected chi connectivity index (χ3v) is 2.55. The number of aliphatic hydroxyl groups is 1. The molecule has 1 atom stereocenters. The average molecular weight is 237 g/mol. The Kier molecular flexibility index (Phi) is 2.76. The minimum Gasteiger partial charge on any atom is -0.391 e. The van der Waals surface area contributed by atoms with Gasteiger partial charge in [-0.1, -0.05) is 0 Å².